The van der Waals surface area contributed by atoms with Gasteiger partial charge >= 0.3 is 0 Å². The average Bonchev–Trinajstić information content (AvgIpc) is 3.02. The summed E-state index contributed by atoms with van der Waals surface area (Å²) in [5, 5.41) is 0.688. The molecule has 2 aromatic carbocycles. The standard InChI is InChI=1S/C22H22BrFN2OS/c1-3-25(4-2)22(27)21-19-16-13-14(23)9-10-17(16)26(12-11-24)20(19)15-7-5-6-8-18(15)28-21/h5-10,13,21H,3-4,11-12H2,1-2H3/i24-1. The van der Waals surface area contributed by atoms with E-state index >= 15 is 0 Å². The molecule has 0 fully saturated rings. The Hall–Kier alpha value is -1.79. The van der Waals surface area contributed by atoms with Crippen LogP contribution in [0.5, 0.6) is 0 Å². The number of carbonyl (C=O) groups is 1. The molecular formula is C22H22BrFN2OS. The van der Waals surface area contributed by atoms with Crippen molar-refractivity contribution in [2.45, 2.75) is 30.5 Å². The van der Waals surface area contributed by atoms with Crippen molar-refractivity contribution >= 4 is 44.5 Å². The Morgan fingerprint density at radius 3 is 2.68 bits per heavy atom. The van der Waals surface area contributed by atoms with Gasteiger partial charge in [0.25, 0.3) is 0 Å². The summed E-state index contributed by atoms with van der Waals surface area (Å²) in [7, 11) is 0. The van der Waals surface area contributed by atoms with E-state index in [4.69, 9.17) is 0 Å². The van der Waals surface area contributed by atoms with Gasteiger partial charge in [0, 0.05) is 44.5 Å². The van der Waals surface area contributed by atoms with Crippen LogP contribution in [0.25, 0.3) is 22.2 Å². The number of benzene rings is 2. The van der Waals surface area contributed by atoms with Gasteiger partial charge in [-0.1, -0.05) is 34.1 Å². The van der Waals surface area contributed by atoms with Crippen LogP contribution in [-0.2, 0) is 11.3 Å². The topological polar surface area (TPSA) is 25.2 Å². The van der Waals surface area contributed by atoms with Crippen LogP contribution < -0.4 is 0 Å². The van der Waals surface area contributed by atoms with Crippen LogP contribution in [0.15, 0.2) is 51.8 Å². The van der Waals surface area contributed by atoms with Crippen LogP contribution >= 0.6 is 27.7 Å². The number of nitrogens with zero attached hydrogens (tertiary/aromatic N) is 2. The van der Waals surface area contributed by atoms with E-state index in [2.05, 4.69) is 34.1 Å². The van der Waals surface area contributed by atoms with Crippen LogP contribution in [0.2, 0.25) is 0 Å². The van der Waals surface area contributed by atoms with Gasteiger partial charge < -0.3 is 9.47 Å². The molecule has 0 N–H and O–H groups in total. The normalized spacial score (nSPS) is 15.4. The molecule has 28 heavy (non-hydrogen) atoms. The third-order valence-corrected chi connectivity index (χ3v) is 7.10. The van der Waals surface area contributed by atoms with Gasteiger partial charge in [-0.3, -0.25) is 4.79 Å². The van der Waals surface area contributed by atoms with Gasteiger partial charge in [0.1, 0.15) is 11.9 Å². The Morgan fingerprint density at radius 2 is 1.96 bits per heavy atom. The Kier molecular flexibility index (Phi) is 5.52. The number of amides is 1. The van der Waals surface area contributed by atoms with Gasteiger partial charge in [0.2, 0.25) is 5.91 Å². The van der Waals surface area contributed by atoms with Gasteiger partial charge in [-0.05, 0) is 38.1 Å². The van der Waals surface area contributed by atoms with Crippen molar-refractivity contribution in [3.05, 3.63) is 52.5 Å². The predicted octanol–water partition coefficient (Wildman–Crippen LogP) is 6.06. The van der Waals surface area contributed by atoms with Gasteiger partial charge in [-0.15, -0.1) is 11.8 Å². The lowest BCUT2D eigenvalue weighted by Crippen LogP contribution is -2.34. The monoisotopic (exact) mass is 459 g/mol. The number of hydrogen-bond donors (Lipinski definition) is 0. The van der Waals surface area contributed by atoms with E-state index in [1.165, 1.54) is 0 Å². The highest BCUT2D eigenvalue weighted by Crippen LogP contribution is 2.53. The number of thioether (sulfide) groups is 1. The molecule has 1 aliphatic heterocycles. The van der Waals surface area contributed by atoms with E-state index in [-0.39, 0.29) is 17.7 Å². The van der Waals surface area contributed by atoms with Crippen molar-refractivity contribution in [3.8, 4) is 11.3 Å². The molecule has 0 bridgehead atoms. The van der Waals surface area contributed by atoms with E-state index in [9.17, 15) is 9.18 Å². The Balaban J connectivity index is 2.04. The highest BCUT2D eigenvalue weighted by Gasteiger charge is 2.37. The second-order valence-electron chi connectivity index (χ2n) is 6.77. The lowest BCUT2D eigenvalue weighted by Gasteiger charge is -2.29. The van der Waals surface area contributed by atoms with Crippen LogP contribution in [-0.4, -0.2) is 35.1 Å². The van der Waals surface area contributed by atoms with Crippen molar-refractivity contribution in [2.24, 2.45) is 0 Å². The molecule has 0 saturated heterocycles. The summed E-state index contributed by atoms with van der Waals surface area (Å²) in [6, 6.07) is 14.2. The number of rotatable bonds is 5. The molecule has 1 atom stereocenters. The Labute approximate surface area is 177 Å². The molecule has 4 rings (SSSR count). The molecule has 3 nitrogen and oxygen atoms in total. The number of carbonyl (C=O) groups excluding carboxylic acids is 1. The number of aromatic nitrogens is 1. The minimum atomic E-state index is -0.448. The molecule has 146 valence electrons. The van der Waals surface area contributed by atoms with Crippen molar-refractivity contribution in [1.29, 1.82) is 0 Å². The Morgan fingerprint density at radius 1 is 1.21 bits per heavy atom. The maximum absolute atomic E-state index is 13.5. The number of aryl methyl sites for hydroxylation is 1. The molecule has 0 radical (unpaired) electrons. The summed E-state index contributed by atoms with van der Waals surface area (Å²) in [6.45, 7) is 5.20. The summed E-state index contributed by atoms with van der Waals surface area (Å²) >= 11 is 5.17. The molecule has 1 amide bonds. The van der Waals surface area contributed by atoms with Crippen LogP contribution in [0.1, 0.15) is 24.7 Å². The predicted molar refractivity (Wildman–Crippen MR) is 118 cm³/mol. The zero-order chi connectivity index (χ0) is 19.8. The summed E-state index contributed by atoms with van der Waals surface area (Å²) < 4.78 is 16.5. The number of halogens is 2. The maximum atomic E-state index is 13.5. The van der Waals surface area contributed by atoms with Gasteiger partial charge in [-0.25, -0.2) is 4.39 Å². The minimum Gasteiger partial charge on any atom is -0.342 e. The van der Waals surface area contributed by atoms with Gasteiger partial charge in [-0.2, -0.15) is 0 Å². The van der Waals surface area contributed by atoms with E-state index in [1.807, 2.05) is 47.6 Å². The largest absolute Gasteiger partial charge is 0.342 e. The fraction of sp³-hybridized carbons (Fsp3) is 0.318. The average molecular weight is 460 g/mol. The first kappa shape index (κ1) is 19.5. The first-order valence-corrected chi connectivity index (χ1v) is 11.2. The summed E-state index contributed by atoms with van der Waals surface area (Å²) in [6.07, 6.45) is 0. The molecule has 2 heterocycles. The van der Waals surface area contributed by atoms with Gasteiger partial charge in [0.05, 0.1) is 12.2 Å². The molecule has 0 saturated carbocycles. The van der Waals surface area contributed by atoms with Crippen LogP contribution in [0, 0.1) is 0 Å². The molecule has 1 unspecified atom stereocenters. The SMILES string of the molecule is CCN(CC)C(=O)C1Sc2ccccc2-c2c1c1cc(Br)ccc1n2CC[18F]. The second kappa shape index (κ2) is 7.91. The highest BCUT2D eigenvalue weighted by atomic mass is 79.9. The maximum Gasteiger partial charge on any atom is 0.240 e. The Bertz CT molecular complexity index is 1040. The molecule has 0 spiro atoms. The lowest BCUT2D eigenvalue weighted by molar-refractivity contribution is -0.130. The number of hydrogen-bond acceptors (Lipinski definition) is 2. The van der Waals surface area contributed by atoms with E-state index in [0.29, 0.717) is 13.1 Å². The lowest BCUT2D eigenvalue weighted by atomic mass is 10.0. The smallest absolute Gasteiger partial charge is 0.240 e. The van der Waals surface area contributed by atoms with E-state index < -0.39 is 6.67 Å². The summed E-state index contributed by atoms with van der Waals surface area (Å²) in [5.41, 5.74) is 4.03. The first-order valence-electron chi connectivity index (χ1n) is 9.53. The van der Waals surface area contributed by atoms with Gasteiger partial charge in [0.15, 0.2) is 0 Å². The fourth-order valence-corrected chi connectivity index (χ4v) is 5.72. The van der Waals surface area contributed by atoms with E-state index in [1.54, 1.807) is 11.8 Å². The van der Waals surface area contributed by atoms with Crippen LogP contribution in [0.4, 0.5) is 4.39 Å². The highest BCUT2D eigenvalue weighted by molar-refractivity contribution is 9.10. The summed E-state index contributed by atoms with van der Waals surface area (Å²) in [4.78, 5) is 16.4. The molecular weight excluding hydrogens is 438 g/mol. The number of alkyl halides is 1. The number of fused-ring (bicyclic) bond motifs is 5. The van der Waals surface area contributed by atoms with Crippen LogP contribution in [0.3, 0.4) is 0 Å². The van der Waals surface area contributed by atoms with Crippen molar-refractivity contribution in [3.63, 3.8) is 0 Å². The quantitative estimate of drug-likeness (QED) is 0.463. The van der Waals surface area contributed by atoms with Crippen molar-refractivity contribution in [2.75, 3.05) is 19.8 Å². The molecule has 6 heteroatoms. The first-order chi connectivity index (χ1) is 13.6. The molecule has 3 aromatic rings. The zero-order valence-electron chi connectivity index (χ0n) is 15.9. The molecule has 0 aliphatic carbocycles. The van der Waals surface area contributed by atoms with E-state index in [0.717, 1.165) is 37.1 Å². The van der Waals surface area contributed by atoms with Crippen molar-refractivity contribution < 1.29 is 9.18 Å². The zero-order valence-corrected chi connectivity index (χ0v) is 18.3. The third kappa shape index (κ3) is 3.07. The third-order valence-electron chi connectivity index (χ3n) is 5.32. The second-order valence-corrected chi connectivity index (χ2v) is 8.83. The fourth-order valence-electron chi connectivity index (χ4n) is 4.05. The van der Waals surface area contributed by atoms with Crippen molar-refractivity contribution in [1.82, 2.24) is 9.47 Å². The summed E-state index contributed by atoms with van der Waals surface area (Å²) in [5.74, 6) is 0.116. The molecule has 1 aliphatic rings. The minimum absolute atomic E-state index is 0.116. The molecule has 1 aromatic heterocycles. The number of likely N-dealkylation sites (N-methyl/N-ethyl adjacent to an activating group) is 1.